The van der Waals surface area contributed by atoms with Crippen molar-refractivity contribution in [2.45, 2.75) is 13.2 Å². The van der Waals surface area contributed by atoms with Crippen molar-refractivity contribution in [3.63, 3.8) is 0 Å². The molecule has 1 heterocycles. The summed E-state index contributed by atoms with van der Waals surface area (Å²) >= 11 is 1.63. The predicted molar refractivity (Wildman–Crippen MR) is 74.1 cm³/mol. The minimum Gasteiger partial charge on any atom is -0.493 e. The highest BCUT2D eigenvalue weighted by molar-refractivity contribution is 7.09. The molecule has 0 amide bonds. The van der Waals surface area contributed by atoms with Crippen molar-refractivity contribution < 1.29 is 19.3 Å². The van der Waals surface area contributed by atoms with Crippen molar-refractivity contribution in [3.05, 3.63) is 40.1 Å². The van der Waals surface area contributed by atoms with E-state index in [4.69, 9.17) is 14.2 Å². The molecule has 2 rings (SSSR count). The Bertz CT molecular complexity index is 497. The maximum atomic E-state index is 9.20. The Kier molecular flexibility index (Phi) is 4.65. The summed E-state index contributed by atoms with van der Waals surface area (Å²) in [4.78, 5) is 1.12. The van der Waals surface area contributed by atoms with E-state index in [2.05, 4.69) is 0 Å². The van der Waals surface area contributed by atoms with Crippen LogP contribution in [-0.4, -0.2) is 19.3 Å². The summed E-state index contributed by atoms with van der Waals surface area (Å²) in [7, 11) is 3.13. The number of hydrogen-bond donors (Lipinski definition) is 1. The predicted octanol–water partition coefficient (Wildman–Crippen LogP) is 2.84. The topological polar surface area (TPSA) is 47.9 Å². The molecule has 0 radical (unpaired) electrons. The molecule has 5 heteroatoms. The summed E-state index contributed by atoms with van der Waals surface area (Å²) in [6, 6.07) is 7.47. The van der Waals surface area contributed by atoms with Crippen molar-refractivity contribution in [1.82, 2.24) is 0 Å². The molecule has 0 spiro atoms. The zero-order valence-corrected chi connectivity index (χ0v) is 11.7. The number of aliphatic hydroxyl groups excluding tert-OH is 1. The van der Waals surface area contributed by atoms with E-state index in [9.17, 15) is 5.11 Å². The largest absolute Gasteiger partial charge is 0.493 e. The van der Waals surface area contributed by atoms with Crippen LogP contribution in [0.5, 0.6) is 17.2 Å². The van der Waals surface area contributed by atoms with Crippen LogP contribution in [0.4, 0.5) is 0 Å². The third-order valence-electron chi connectivity index (χ3n) is 2.64. The monoisotopic (exact) mass is 280 g/mol. The van der Waals surface area contributed by atoms with Gasteiger partial charge in [-0.15, -0.1) is 11.3 Å². The SMILES string of the molecule is COc1cc(CO)cc(OC)c1OCc1cccs1. The van der Waals surface area contributed by atoms with Crippen LogP contribution in [-0.2, 0) is 13.2 Å². The van der Waals surface area contributed by atoms with Crippen molar-refractivity contribution >= 4 is 11.3 Å². The van der Waals surface area contributed by atoms with Crippen LogP contribution in [0.15, 0.2) is 29.6 Å². The van der Waals surface area contributed by atoms with E-state index >= 15 is 0 Å². The molecule has 102 valence electrons. The van der Waals surface area contributed by atoms with Gasteiger partial charge in [-0.1, -0.05) is 6.07 Å². The standard InChI is InChI=1S/C14H16O4S/c1-16-12-6-10(8-15)7-13(17-2)14(12)18-9-11-4-3-5-19-11/h3-7,15H,8-9H2,1-2H3. The molecule has 1 N–H and O–H groups in total. The van der Waals surface area contributed by atoms with Gasteiger partial charge in [-0.2, -0.15) is 0 Å². The molecule has 1 aromatic heterocycles. The number of thiophene rings is 1. The lowest BCUT2D eigenvalue weighted by Crippen LogP contribution is -2.00. The Labute approximate surface area is 116 Å². The molecule has 0 saturated carbocycles. The van der Waals surface area contributed by atoms with Gasteiger partial charge in [-0.25, -0.2) is 0 Å². The highest BCUT2D eigenvalue weighted by Gasteiger charge is 2.14. The first-order valence-electron chi connectivity index (χ1n) is 5.79. The lowest BCUT2D eigenvalue weighted by molar-refractivity contribution is 0.261. The molecule has 0 unspecified atom stereocenters. The first-order valence-corrected chi connectivity index (χ1v) is 6.67. The van der Waals surface area contributed by atoms with E-state index < -0.39 is 0 Å². The number of benzene rings is 1. The zero-order valence-electron chi connectivity index (χ0n) is 10.9. The first kappa shape index (κ1) is 13.7. The highest BCUT2D eigenvalue weighted by atomic mass is 32.1. The molecule has 1 aromatic carbocycles. The summed E-state index contributed by atoms with van der Waals surface area (Å²) in [6.45, 7) is 0.390. The van der Waals surface area contributed by atoms with Crippen LogP contribution in [0, 0.1) is 0 Å². The van der Waals surface area contributed by atoms with E-state index in [1.807, 2.05) is 17.5 Å². The van der Waals surface area contributed by atoms with Gasteiger partial charge in [0.2, 0.25) is 5.75 Å². The normalized spacial score (nSPS) is 10.3. The molecular formula is C14H16O4S. The molecule has 0 saturated heterocycles. The smallest absolute Gasteiger partial charge is 0.203 e. The average molecular weight is 280 g/mol. The number of methoxy groups -OCH3 is 2. The fourth-order valence-corrected chi connectivity index (χ4v) is 2.32. The minimum atomic E-state index is -0.0715. The lowest BCUT2D eigenvalue weighted by Gasteiger charge is -2.15. The lowest BCUT2D eigenvalue weighted by atomic mass is 10.2. The van der Waals surface area contributed by atoms with E-state index in [1.165, 1.54) is 0 Å². The van der Waals surface area contributed by atoms with Crippen molar-refractivity contribution in [1.29, 1.82) is 0 Å². The molecule has 0 atom stereocenters. The van der Waals surface area contributed by atoms with Crippen molar-refractivity contribution in [2.24, 2.45) is 0 Å². The van der Waals surface area contributed by atoms with Crippen molar-refractivity contribution in [2.75, 3.05) is 14.2 Å². The maximum absolute atomic E-state index is 9.20. The fourth-order valence-electron chi connectivity index (χ4n) is 1.71. The van der Waals surface area contributed by atoms with Gasteiger partial charge in [-0.3, -0.25) is 0 Å². The van der Waals surface area contributed by atoms with Gasteiger partial charge < -0.3 is 19.3 Å². The van der Waals surface area contributed by atoms with Crippen LogP contribution in [0.3, 0.4) is 0 Å². The Morgan fingerprint density at radius 1 is 1.16 bits per heavy atom. The van der Waals surface area contributed by atoms with Gasteiger partial charge in [0.05, 0.1) is 20.8 Å². The Hall–Kier alpha value is -1.72. The van der Waals surface area contributed by atoms with Crippen LogP contribution in [0.1, 0.15) is 10.4 Å². The first-order chi connectivity index (χ1) is 9.28. The number of ether oxygens (including phenoxy) is 3. The third-order valence-corrected chi connectivity index (χ3v) is 3.49. The number of hydrogen-bond acceptors (Lipinski definition) is 5. The van der Waals surface area contributed by atoms with E-state index in [0.29, 0.717) is 23.9 Å². The molecular weight excluding hydrogens is 264 g/mol. The summed E-state index contributed by atoms with van der Waals surface area (Å²) in [5, 5.41) is 11.2. The summed E-state index contributed by atoms with van der Waals surface area (Å²) in [5.41, 5.74) is 0.720. The molecule has 2 aromatic rings. The Morgan fingerprint density at radius 2 is 1.84 bits per heavy atom. The summed E-state index contributed by atoms with van der Waals surface area (Å²) < 4.78 is 16.3. The van der Waals surface area contributed by atoms with Crippen molar-refractivity contribution in [3.8, 4) is 17.2 Å². The second kappa shape index (κ2) is 6.45. The molecule has 4 nitrogen and oxygen atoms in total. The van der Waals surface area contributed by atoms with Gasteiger partial charge in [0, 0.05) is 4.88 Å². The molecule has 19 heavy (non-hydrogen) atoms. The molecule has 0 fully saturated rings. The summed E-state index contributed by atoms with van der Waals surface area (Å²) in [5.74, 6) is 1.66. The van der Waals surface area contributed by atoms with E-state index in [1.54, 1.807) is 37.7 Å². The Morgan fingerprint density at radius 3 is 2.32 bits per heavy atom. The second-order valence-electron chi connectivity index (χ2n) is 3.86. The van der Waals surface area contributed by atoms with Crippen LogP contribution in [0.25, 0.3) is 0 Å². The maximum Gasteiger partial charge on any atom is 0.203 e. The minimum absolute atomic E-state index is 0.0715. The average Bonchev–Trinajstić information content (AvgIpc) is 2.97. The zero-order chi connectivity index (χ0) is 13.7. The van der Waals surface area contributed by atoms with Gasteiger partial charge in [-0.05, 0) is 29.1 Å². The Balaban J connectivity index is 2.26. The number of aliphatic hydroxyl groups is 1. The fraction of sp³-hybridized carbons (Fsp3) is 0.286. The molecule has 0 aliphatic carbocycles. The molecule has 0 aliphatic heterocycles. The van der Waals surface area contributed by atoms with Gasteiger partial charge in [0.1, 0.15) is 6.61 Å². The van der Waals surface area contributed by atoms with E-state index in [-0.39, 0.29) is 6.61 Å². The molecule has 0 bridgehead atoms. The van der Waals surface area contributed by atoms with Gasteiger partial charge in [0.25, 0.3) is 0 Å². The third kappa shape index (κ3) is 3.19. The quantitative estimate of drug-likeness (QED) is 0.884. The summed E-state index contributed by atoms with van der Waals surface area (Å²) in [6.07, 6.45) is 0. The van der Waals surface area contributed by atoms with E-state index in [0.717, 1.165) is 10.4 Å². The van der Waals surface area contributed by atoms with Gasteiger partial charge >= 0.3 is 0 Å². The van der Waals surface area contributed by atoms with Crippen LogP contribution < -0.4 is 14.2 Å². The second-order valence-corrected chi connectivity index (χ2v) is 4.89. The molecule has 0 aliphatic rings. The van der Waals surface area contributed by atoms with Crippen LogP contribution >= 0.6 is 11.3 Å². The van der Waals surface area contributed by atoms with Gasteiger partial charge in [0.15, 0.2) is 11.5 Å². The van der Waals surface area contributed by atoms with Crippen LogP contribution in [0.2, 0.25) is 0 Å². The highest BCUT2D eigenvalue weighted by Crippen LogP contribution is 2.39. The number of rotatable bonds is 6.